The summed E-state index contributed by atoms with van der Waals surface area (Å²) in [5.74, 6) is 1.53. The Kier molecular flexibility index (Phi) is 5.01. The zero-order valence-electron chi connectivity index (χ0n) is 14.0. The average molecular weight is 326 g/mol. The molecule has 5 nitrogen and oxygen atoms in total. The van der Waals surface area contributed by atoms with E-state index >= 15 is 0 Å². The van der Waals surface area contributed by atoms with E-state index in [4.69, 9.17) is 9.47 Å². The predicted octanol–water partition coefficient (Wildman–Crippen LogP) is 2.84. The van der Waals surface area contributed by atoms with E-state index in [-0.39, 0.29) is 5.91 Å². The SMILES string of the molecule is Cc1ccccc1NC(=O)CN(C)Cc1ccc2c(c1)OCCO2. The molecule has 3 rings (SSSR count). The highest BCUT2D eigenvalue weighted by Gasteiger charge is 2.13. The molecule has 0 atom stereocenters. The van der Waals surface area contributed by atoms with Gasteiger partial charge < -0.3 is 14.8 Å². The van der Waals surface area contributed by atoms with Crippen molar-refractivity contribution in [3.8, 4) is 11.5 Å². The number of carbonyl (C=O) groups is 1. The number of aryl methyl sites for hydroxylation is 1. The van der Waals surface area contributed by atoms with Crippen LogP contribution >= 0.6 is 0 Å². The molecular formula is C19H22N2O3. The Labute approximate surface area is 142 Å². The van der Waals surface area contributed by atoms with Crippen molar-refractivity contribution in [1.29, 1.82) is 0 Å². The highest BCUT2D eigenvalue weighted by atomic mass is 16.6. The number of hydrogen-bond acceptors (Lipinski definition) is 4. The third kappa shape index (κ3) is 4.06. The van der Waals surface area contributed by atoms with Gasteiger partial charge in [-0.2, -0.15) is 0 Å². The third-order valence-electron chi connectivity index (χ3n) is 3.89. The Morgan fingerprint density at radius 1 is 1.12 bits per heavy atom. The van der Waals surface area contributed by atoms with Crippen molar-refractivity contribution in [3.63, 3.8) is 0 Å². The summed E-state index contributed by atoms with van der Waals surface area (Å²) in [6.07, 6.45) is 0. The maximum atomic E-state index is 12.2. The standard InChI is InChI=1S/C19H22N2O3/c1-14-5-3-4-6-16(14)20-19(22)13-21(2)12-15-7-8-17-18(11-15)24-10-9-23-17/h3-8,11H,9-10,12-13H2,1-2H3,(H,20,22). The second-order valence-corrected chi connectivity index (χ2v) is 6.01. The number of para-hydroxylation sites is 1. The maximum Gasteiger partial charge on any atom is 0.238 e. The van der Waals surface area contributed by atoms with Gasteiger partial charge in [-0.25, -0.2) is 0 Å². The van der Waals surface area contributed by atoms with Gasteiger partial charge in [-0.15, -0.1) is 0 Å². The Bertz CT molecular complexity index is 730. The van der Waals surface area contributed by atoms with Crippen LogP contribution in [-0.4, -0.2) is 37.6 Å². The zero-order chi connectivity index (χ0) is 16.9. The molecule has 2 aromatic rings. The fourth-order valence-electron chi connectivity index (χ4n) is 2.70. The Morgan fingerprint density at radius 2 is 1.88 bits per heavy atom. The molecule has 1 aliphatic heterocycles. The first kappa shape index (κ1) is 16.3. The van der Waals surface area contributed by atoms with Gasteiger partial charge in [0.2, 0.25) is 5.91 Å². The minimum absolute atomic E-state index is 0.0238. The van der Waals surface area contributed by atoms with Crippen molar-refractivity contribution in [3.05, 3.63) is 53.6 Å². The maximum absolute atomic E-state index is 12.2. The first-order valence-corrected chi connectivity index (χ1v) is 8.04. The molecule has 0 saturated heterocycles. The van der Waals surface area contributed by atoms with E-state index in [0.29, 0.717) is 26.3 Å². The Balaban J connectivity index is 1.56. The molecule has 126 valence electrons. The summed E-state index contributed by atoms with van der Waals surface area (Å²) in [7, 11) is 1.92. The second-order valence-electron chi connectivity index (χ2n) is 6.01. The molecule has 0 bridgehead atoms. The van der Waals surface area contributed by atoms with Crippen molar-refractivity contribution in [1.82, 2.24) is 4.90 Å². The van der Waals surface area contributed by atoms with Crippen LogP contribution in [0.1, 0.15) is 11.1 Å². The number of carbonyl (C=O) groups excluding carboxylic acids is 1. The number of hydrogen-bond donors (Lipinski definition) is 1. The van der Waals surface area contributed by atoms with Crippen LogP contribution in [0.4, 0.5) is 5.69 Å². The van der Waals surface area contributed by atoms with Gasteiger partial charge in [0.05, 0.1) is 6.54 Å². The Hall–Kier alpha value is -2.53. The first-order valence-electron chi connectivity index (χ1n) is 8.04. The molecule has 1 amide bonds. The topological polar surface area (TPSA) is 50.8 Å². The zero-order valence-corrected chi connectivity index (χ0v) is 14.0. The molecular weight excluding hydrogens is 304 g/mol. The number of nitrogens with zero attached hydrogens (tertiary/aromatic N) is 1. The number of benzene rings is 2. The molecule has 0 spiro atoms. The van der Waals surface area contributed by atoms with Gasteiger partial charge in [0.15, 0.2) is 11.5 Å². The molecule has 0 fully saturated rings. The van der Waals surface area contributed by atoms with E-state index in [9.17, 15) is 4.79 Å². The van der Waals surface area contributed by atoms with Crippen molar-refractivity contribution in [2.45, 2.75) is 13.5 Å². The number of ether oxygens (including phenoxy) is 2. The van der Waals surface area contributed by atoms with Crippen LogP contribution in [0.2, 0.25) is 0 Å². The average Bonchev–Trinajstić information content (AvgIpc) is 2.56. The molecule has 2 aromatic carbocycles. The lowest BCUT2D eigenvalue weighted by Crippen LogP contribution is -2.30. The van der Waals surface area contributed by atoms with E-state index in [2.05, 4.69) is 5.32 Å². The molecule has 1 N–H and O–H groups in total. The van der Waals surface area contributed by atoms with Crippen molar-refractivity contribution >= 4 is 11.6 Å². The van der Waals surface area contributed by atoms with Gasteiger partial charge in [0.1, 0.15) is 13.2 Å². The van der Waals surface area contributed by atoms with Gasteiger partial charge >= 0.3 is 0 Å². The summed E-state index contributed by atoms with van der Waals surface area (Å²) >= 11 is 0. The fourth-order valence-corrected chi connectivity index (χ4v) is 2.70. The fraction of sp³-hybridized carbons (Fsp3) is 0.316. The van der Waals surface area contributed by atoms with E-state index in [1.807, 2.05) is 61.3 Å². The minimum Gasteiger partial charge on any atom is -0.486 e. The van der Waals surface area contributed by atoms with Crippen LogP contribution in [0.5, 0.6) is 11.5 Å². The van der Waals surface area contributed by atoms with Gasteiger partial charge in [-0.3, -0.25) is 9.69 Å². The number of amides is 1. The summed E-state index contributed by atoms with van der Waals surface area (Å²) in [6, 6.07) is 13.7. The van der Waals surface area contributed by atoms with Crippen LogP contribution in [0.15, 0.2) is 42.5 Å². The summed E-state index contributed by atoms with van der Waals surface area (Å²) in [4.78, 5) is 14.2. The normalized spacial score (nSPS) is 13.0. The van der Waals surface area contributed by atoms with Crippen molar-refractivity contribution in [2.75, 3.05) is 32.1 Å². The van der Waals surface area contributed by atoms with Crippen LogP contribution in [0, 0.1) is 6.92 Å². The highest BCUT2D eigenvalue weighted by molar-refractivity contribution is 5.92. The molecule has 0 aromatic heterocycles. The smallest absolute Gasteiger partial charge is 0.238 e. The molecule has 1 aliphatic rings. The van der Waals surface area contributed by atoms with E-state index in [1.165, 1.54) is 0 Å². The van der Waals surface area contributed by atoms with Crippen molar-refractivity contribution in [2.24, 2.45) is 0 Å². The number of rotatable bonds is 5. The summed E-state index contributed by atoms with van der Waals surface area (Å²) in [6.45, 7) is 4.13. The summed E-state index contributed by atoms with van der Waals surface area (Å²) in [5, 5.41) is 2.95. The van der Waals surface area contributed by atoms with E-state index < -0.39 is 0 Å². The van der Waals surface area contributed by atoms with E-state index in [1.54, 1.807) is 0 Å². The quantitative estimate of drug-likeness (QED) is 0.918. The second kappa shape index (κ2) is 7.36. The van der Waals surface area contributed by atoms with Crippen LogP contribution < -0.4 is 14.8 Å². The van der Waals surface area contributed by atoms with Gasteiger partial charge in [0.25, 0.3) is 0 Å². The van der Waals surface area contributed by atoms with Crippen molar-refractivity contribution < 1.29 is 14.3 Å². The summed E-state index contributed by atoms with van der Waals surface area (Å²) < 4.78 is 11.1. The van der Waals surface area contributed by atoms with Gasteiger partial charge in [-0.1, -0.05) is 24.3 Å². The molecule has 0 radical (unpaired) electrons. The van der Waals surface area contributed by atoms with Crippen LogP contribution in [0.25, 0.3) is 0 Å². The van der Waals surface area contributed by atoms with Gasteiger partial charge in [0, 0.05) is 12.2 Å². The first-order chi connectivity index (χ1) is 11.6. The molecule has 0 aliphatic carbocycles. The van der Waals surface area contributed by atoms with E-state index in [0.717, 1.165) is 28.3 Å². The highest BCUT2D eigenvalue weighted by Crippen LogP contribution is 2.31. The number of nitrogens with one attached hydrogen (secondary N) is 1. The molecule has 0 saturated carbocycles. The van der Waals surface area contributed by atoms with Crippen LogP contribution in [-0.2, 0) is 11.3 Å². The lowest BCUT2D eigenvalue weighted by molar-refractivity contribution is -0.117. The lowest BCUT2D eigenvalue weighted by Gasteiger charge is -2.21. The minimum atomic E-state index is -0.0238. The van der Waals surface area contributed by atoms with Crippen LogP contribution in [0.3, 0.4) is 0 Å². The lowest BCUT2D eigenvalue weighted by atomic mass is 10.2. The monoisotopic (exact) mass is 326 g/mol. The molecule has 1 heterocycles. The predicted molar refractivity (Wildman–Crippen MR) is 93.6 cm³/mol. The third-order valence-corrected chi connectivity index (χ3v) is 3.89. The Morgan fingerprint density at radius 3 is 2.67 bits per heavy atom. The number of likely N-dealkylation sites (N-methyl/N-ethyl adjacent to an activating group) is 1. The van der Waals surface area contributed by atoms with Gasteiger partial charge in [-0.05, 0) is 43.3 Å². The number of fused-ring (bicyclic) bond motifs is 1. The number of anilines is 1. The largest absolute Gasteiger partial charge is 0.486 e. The summed E-state index contributed by atoms with van der Waals surface area (Å²) in [5.41, 5.74) is 3.00. The molecule has 5 heteroatoms. The molecule has 0 unspecified atom stereocenters. The molecule has 24 heavy (non-hydrogen) atoms.